The van der Waals surface area contributed by atoms with Gasteiger partial charge in [0.05, 0.1) is 11.7 Å². The average molecular weight is 323 g/mol. The Morgan fingerprint density at radius 1 is 1.08 bits per heavy atom. The zero-order valence-electron chi connectivity index (χ0n) is 12.4. The summed E-state index contributed by atoms with van der Waals surface area (Å²) in [6.07, 6.45) is 1.35. The Kier molecular flexibility index (Phi) is 3.98. The van der Waals surface area contributed by atoms with Crippen LogP contribution in [0, 0.1) is 0 Å². The lowest BCUT2D eigenvalue weighted by Crippen LogP contribution is -2.26. The number of hydrogen-bond acceptors (Lipinski definition) is 5. The Hall–Kier alpha value is -3.61. The maximum absolute atomic E-state index is 12.1. The monoisotopic (exact) mass is 323 g/mol. The van der Waals surface area contributed by atoms with Crippen LogP contribution in [0.25, 0.3) is 10.9 Å². The summed E-state index contributed by atoms with van der Waals surface area (Å²) in [6.45, 7) is 0. The summed E-state index contributed by atoms with van der Waals surface area (Å²) in [5, 5.41) is 23.5. The molecule has 1 amide bonds. The van der Waals surface area contributed by atoms with E-state index in [0.29, 0.717) is 16.5 Å². The number of nitrogens with one attached hydrogen (secondary N) is 2. The number of nitrogens with zero attached hydrogens (tertiary/aromatic N) is 1. The topological polar surface area (TPSA) is 115 Å². The van der Waals surface area contributed by atoms with Crippen LogP contribution in [0.2, 0.25) is 0 Å². The molecule has 0 radical (unpaired) electrons. The summed E-state index contributed by atoms with van der Waals surface area (Å²) in [5.41, 5.74) is 2.16. The van der Waals surface area contributed by atoms with Gasteiger partial charge < -0.3 is 15.2 Å². The quantitative estimate of drug-likeness (QED) is 0.434. The standard InChI is InChI=1S/C17H13N3O4/c21-11-7-5-10(6-8-11)9-18-20-17(24)14-15(22)12-3-1-2-4-13(12)19-16(14)23/h1-9,21H,(H,20,24)(H2,19,22,23)/b18-9+. The lowest BCUT2D eigenvalue weighted by atomic mass is 10.1. The molecule has 3 aromatic rings. The first-order valence-corrected chi connectivity index (χ1v) is 7.02. The Bertz CT molecular complexity index is 991. The molecule has 0 bridgehead atoms. The Balaban J connectivity index is 1.86. The highest BCUT2D eigenvalue weighted by Crippen LogP contribution is 2.24. The maximum atomic E-state index is 12.1. The highest BCUT2D eigenvalue weighted by Gasteiger charge is 2.18. The molecule has 0 atom stereocenters. The van der Waals surface area contributed by atoms with Crippen molar-refractivity contribution in [3.8, 4) is 11.5 Å². The number of fused-ring (bicyclic) bond motifs is 1. The minimum Gasteiger partial charge on any atom is -0.508 e. The van der Waals surface area contributed by atoms with Crippen LogP contribution < -0.4 is 11.0 Å². The second-order valence-corrected chi connectivity index (χ2v) is 5.01. The van der Waals surface area contributed by atoms with E-state index in [0.717, 1.165) is 0 Å². The predicted octanol–water partition coefficient (Wildman–Crippen LogP) is 1.70. The van der Waals surface area contributed by atoms with Gasteiger partial charge in [0.1, 0.15) is 17.1 Å². The van der Waals surface area contributed by atoms with Crippen molar-refractivity contribution in [1.29, 1.82) is 0 Å². The van der Waals surface area contributed by atoms with Crippen molar-refractivity contribution in [2.75, 3.05) is 0 Å². The molecular formula is C17H13N3O4. The highest BCUT2D eigenvalue weighted by molar-refractivity contribution is 6.02. The van der Waals surface area contributed by atoms with E-state index in [1.165, 1.54) is 18.3 Å². The van der Waals surface area contributed by atoms with Crippen molar-refractivity contribution < 1.29 is 15.0 Å². The van der Waals surface area contributed by atoms with Crippen LogP contribution in [0.1, 0.15) is 15.9 Å². The number of aromatic amines is 1. The smallest absolute Gasteiger partial charge is 0.280 e. The summed E-state index contributed by atoms with van der Waals surface area (Å²) < 4.78 is 0. The van der Waals surface area contributed by atoms with Crippen molar-refractivity contribution in [2.24, 2.45) is 5.10 Å². The third-order valence-corrected chi connectivity index (χ3v) is 3.39. The van der Waals surface area contributed by atoms with E-state index >= 15 is 0 Å². The van der Waals surface area contributed by atoms with Gasteiger partial charge in [-0.3, -0.25) is 9.59 Å². The number of carbonyl (C=O) groups excluding carboxylic acids is 1. The molecule has 3 rings (SSSR count). The minimum absolute atomic E-state index is 0.115. The van der Waals surface area contributed by atoms with Crippen LogP contribution in [-0.4, -0.2) is 27.3 Å². The lowest BCUT2D eigenvalue weighted by molar-refractivity contribution is 0.0951. The number of phenolic OH excluding ortho intramolecular Hbond substituents is 1. The van der Waals surface area contributed by atoms with Crippen molar-refractivity contribution in [3.63, 3.8) is 0 Å². The molecule has 0 saturated carbocycles. The molecule has 7 heteroatoms. The van der Waals surface area contributed by atoms with Crippen molar-refractivity contribution in [1.82, 2.24) is 10.4 Å². The normalized spacial score (nSPS) is 11.0. The van der Waals surface area contributed by atoms with Crippen molar-refractivity contribution in [2.45, 2.75) is 0 Å². The number of H-pyrrole nitrogens is 1. The second kappa shape index (κ2) is 6.25. The van der Waals surface area contributed by atoms with Gasteiger partial charge in [0, 0.05) is 5.39 Å². The Labute approximate surface area is 135 Å². The summed E-state index contributed by atoms with van der Waals surface area (Å²) >= 11 is 0. The number of para-hydroxylation sites is 1. The van der Waals surface area contributed by atoms with Crippen molar-refractivity contribution >= 4 is 23.0 Å². The fraction of sp³-hybridized carbons (Fsp3) is 0. The number of carbonyl (C=O) groups is 1. The third-order valence-electron chi connectivity index (χ3n) is 3.39. The fourth-order valence-corrected chi connectivity index (χ4v) is 2.22. The van der Waals surface area contributed by atoms with Gasteiger partial charge in [0.25, 0.3) is 11.5 Å². The Morgan fingerprint density at radius 2 is 1.79 bits per heavy atom. The number of phenols is 1. The number of aromatic nitrogens is 1. The highest BCUT2D eigenvalue weighted by atomic mass is 16.3. The number of amides is 1. The predicted molar refractivity (Wildman–Crippen MR) is 89.4 cm³/mol. The molecule has 0 unspecified atom stereocenters. The molecule has 0 aliphatic heterocycles. The molecule has 0 saturated heterocycles. The number of hydrogen-bond donors (Lipinski definition) is 4. The molecule has 1 aromatic heterocycles. The number of aromatic hydroxyl groups is 2. The van der Waals surface area contributed by atoms with Gasteiger partial charge in [-0.05, 0) is 42.0 Å². The second-order valence-electron chi connectivity index (χ2n) is 5.01. The third kappa shape index (κ3) is 2.95. The molecular weight excluding hydrogens is 310 g/mol. The minimum atomic E-state index is -0.825. The van der Waals surface area contributed by atoms with E-state index in [9.17, 15) is 19.8 Å². The summed E-state index contributed by atoms with van der Waals surface area (Å²) in [6, 6.07) is 12.8. The number of hydrazone groups is 1. The molecule has 4 N–H and O–H groups in total. The molecule has 24 heavy (non-hydrogen) atoms. The molecule has 0 aliphatic carbocycles. The molecule has 1 heterocycles. The first-order valence-electron chi connectivity index (χ1n) is 7.02. The van der Waals surface area contributed by atoms with E-state index in [2.05, 4.69) is 15.5 Å². The zero-order chi connectivity index (χ0) is 17.1. The fourth-order valence-electron chi connectivity index (χ4n) is 2.22. The Morgan fingerprint density at radius 3 is 2.54 bits per heavy atom. The van der Waals surface area contributed by atoms with E-state index < -0.39 is 22.8 Å². The van der Waals surface area contributed by atoms with Gasteiger partial charge in [0.2, 0.25) is 0 Å². The number of rotatable bonds is 3. The average Bonchev–Trinajstić information content (AvgIpc) is 2.57. The van der Waals surface area contributed by atoms with E-state index in [1.54, 1.807) is 36.4 Å². The van der Waals surface area contributed by atoms with E-state index in [-0.39, 0.29) is 5.75 Å². The van der Waals surface area contributed by atoms with Crippen LogP contribution in [0.5, 0.6) is 11.5 Å². The summed E-state index contributed by atoms with van der Waals surface area (Å²) in [7, 11) is 0. The molecule has 0 aliphatic rings. The summed E-state index contributed by atoms with van der Waals surface area (Å²) in [4.78, 5) is 26.7. The van der Waals surface area contributed by atoms with Crippen LogP contribution in [-0.2, 0) is 0 Å². The van der Waals surface area contributed by atoms with Gasteiger partial charge in [-0.2, -0.15) is 5.10 Å². The van der Waals surface area contributed by atoms with Crippen LogP contribution in [0.3, 0.4) is 0 Å². The molecule has 0 fully saturated rings. The van der Waals surface area contributed by atoms with E-state index in [1.807, 2.05) is 0 Å². The van der Waals surface area contributed by atoms with Gasteiger partial charge in [-0.15, -0.1) is 0 Å². The van der Waals surface area contributed by atoms with E-state index in [4.69, 9.17) is 0 Å². The SMILES string of the molecule is O=C(N/N=C/c1ccc(O)cc1)c1c(O)c2ccccc2[nH]c1=O. The van der Waals surface area contributed by atoms with Gasteiger partial charge in [-0.25, -0.2) is 5.43 Å². The lowest BCUT2D eigenvalue weighted by Gasteiger charge is -2.05. The van der Waals surface area contributed by atoms with Gasteiger partial charge in [-0.1, -0.05) is 12.1 Å². The maximum Gasteiger partial charge on any atom is 0.280 e. The van der Waals surface area contributed by atoms with Crippen molar-refractivity contribution in [3.05, 3.63) is 70.0 Å². The van der Waals surface area contributed by atoms with Crippen LogP contribution in [0.15, 0.2) is 58.4 Å². The number of benzene rings is 2. The molecule has 7 nitrogen and oxygen atoms in total. The zero-order valence-corrected chi connectivity index (χ0v) is 12.4. The first-order chi connectivity index (χ1) is 11.6. The van der Waals surface area contributed by atoms with Crippen LogP contribution >= 0.6 is 0 Å². The molecule has 120 valence electrons. The first kappa shape index (κ1) is 15.3. The van der Waals surface area contributed by atoms with Gasteiger partial charge in [0.15, 0.2) is 0 Å². The van der Waals surface area contributed by atoms with Crippen LogP contribution in [0.4, 0.5) is 0 Å². The number of pyridine rings is 1. The largest absolute Gasteiger partial charge is 0.508 e. The van der Waals surface area contributed by atoms with Gasteiger partial charge >= 0.3 is 0 Å². The molecule has 2 aromatic carbocycles. The molecule has 0 spiro atoms. The summed E-state index contributed by atoms with van der Waals surface area (Å²) in [5.74, 6) is -1.11.